The predicted octanol–water partition coefficient (Wildman–Crippen LogP) is 2.81. The molecule has 1 aliphatic rings. The number of carbonyl (C=O) groups is 1. The van der Waals surface area contributed by atoms with Crippen LogP contribution in [0.25, 0.3) is 0 Å². The van der Waals surface area contributed by atoms with Crippen LogP contribution in [-0.2, 0) is 14.3 Å². The van der Waals surface area contributed by atoms with Crippen LogP contribution in [0.3, 0.4) is 0 Å². The van der Waals surface area contributed by atoms with E-state index in [-0.39, 0.29) is 12.6 Å². The number of hydrogen-bond donors (Lipinski definition) is 4. The molecule has 0 aliphatic carbocycles. The van der Waals surface area contributed by atoms with Crippen molar-refractivity contribution < 1.29 is 34.7 Å². The number of ether oxygens (including phenoxy) is 2. The lowest BCUT2D eigenvalue weighted by Crippen LogP contribution is -2.58. The quantitative estimate of drug-likeness (QED) is 0.225. The third-order valence-electron chi connectivity index (χ3n) is 5.58. The number of aliphatic hydroxyl groups is 4. The maximum absolute atomic E-state index is 11.8. The topological polar surface area (TPSA) is 116 Å². The van der Waals surface area contributed by atoms with Crippen LogP contribution in [0.15, 0.2) is 0 Å². The molecule has 4 N–H and O–H groups in total. The zero-order valence-electron chi connectivity index (χ0n) is 18.0. The minimum absolute atomic E-state index is 0.265. The fourth-order valence-electron chi connectivity index (χ4n) is 3.60. The maximum atomic E-state index is 11.8. The van der Waals surface area contributed by atoms with Crippen LogP contribution in [0.2, 0.25) is 0 Å². The van der Waals surface area contributed by atoms with Gasteiger partial charge < -0.3 is 29.9 Å². The first-order chi connectivity index (χ1) is 14.0. The van der Waals surface area contributed by atoms with E-state index in [1.165, 1.54) is 64.2 Å². The summed E-state index contributed by atoms with van der Waals surface area (Å²) in [4.78, 5) is 11.8. The molecule has 0 saturated carbocycles. The van der Waals surface area contributed by atoms with Gasteiger partial charge in [0.25, 0.3) is 0 Å². The molecule has 1 fully saturated rings. The summed E-state index contributed by atoms with van der Waals surface area (Å²) in [6.07, 6.45) is 9.16. The summed E-state index contributed by atoms with van der Waals surface area (Å²) in [6.45, 7) is 1.98. The summed E-state index contributed by atoms with van der Waals surface area (Å²) in [6, 6.07) is 0. The molecule has 0 spiro atoms. The van der Waals surface area contributed by atoms with Crippen molar-refractivity contribution >= 4 is 5.97 Å². The average Bonchev–Trinajstić information content (AvgIpc) is 2.71. The Morgan fingerprint density at radius 1 is 0.724 bits per heavy atom. The SMILES string of the molecule is CCCCCCCCCCCCCCCC(=O)OC[C@H]1OC(O)[C@H](O)[C@@H](O)[C@@H]1O. The Labute approximate surface area is 175 Å². The van der Waals surface area contributed by atoms with Crippen molar-refractivity contribution in [2.45, 2.75) is 128 Å². The van der Waals surface area contributed by atoms with Gasteiger partial charge in [0.1, 0.15) is 31.0 Å². The zero-order chi connectivity index (χ0) is 21.5. The third kappa shape index (κ3) is 11.3. The van der Waals surface area contributed by atoms with Gasteiger partial charge in [0.15, 0.2) is 6.29 Å². The van der Waals surface area contributed by atoms with E-state index in [1.807, 2.05) is 0 Å². The standard InChI is InChI=1S/C22H42O7/c1-2-3-4-5-6-7-8-9-10-11-12-13-14-15-18(23)28-16-17-19(24)20(25)21(26)22(27)29-17/h17,19-22,24-27H,2-16H2,1H3/t17-,19-,20+,21-,22?/m1/s1. The average molecular weight is 419 g/mol. The predicted molar refractivity (Wildman–Crippen MR) is 110 cm³/mol. The molecule has 0 amide bonds. The molecule has 1 heterocycles. The van der Waals surface area contributed by atoms with Crippen molar-refractivity contribution in [1.29, 1.82) is 0 Å². The van der Waals surface area contributed by atoms with E-state index in [0.717, 1.165) is 19.3 Å². The van der Waals surface area contributed by atoms with E-state index >= 15 is 0 Å². The van der Waals surface area contributed by atoms with E-state index < -0.39 is 30.7 Å². The fraction of sp³-hybridized carbons (Fsp3) is 0.955. The van der Waals surface area contributed by atoms with Gasteiger partial charge in [-0.3, -0.25) is 4.79 Å². The number of carbonyl (C=O) groups excluding carboxylic acids is 1. The first-order valence-corrected chi connectivity index (χ1v) is 11.5. The fourth-order valence-corrected chi connectivity index (χ4v) is 3.60. The van der Waals surface area contributed by atoms with Crippen LogP contribution < -0.4 is 0 Å². The highest BCUT2D eigenvalue weighted by Gasteiger charge is 2.43. The monoisotopic (exact) mass is 418 g/mol. The molecule has 0 bridgehead atoms. The summed E-state index contributed by atoms with van der Waals surface area (Å²) in [5.41, 5.74) is 0. The van der Waals surface area contributed by atoms with Crippen LogP contribution in [0, 0.1) is 0 Å². The number of hydrogen-bond acceptors (Lipinski definition) is 7. The maximum Gasteiger partial charge on any atom is 0.305 e. The second-order valence-corrected chi connectivity index (χ2v) is 8.21. The van der Waals surface area contributed by atoms with Crippen LogP contribution in [0.4, 0.5) is 0 Å². The Morgan fingerprint density at radius 3 is 1.72 bits per heavy atom. The minimum atomic E-state index is -1.61. The van der Waals surface area contributed by atoms with Gasteiger partial charge >= 0.3 is 5.97 Å². The lowest BCUT2D eigenvalue weighted by molar-refractivity contribution is -0.287. The highest BCUT2D eigenvalue weighted by Crippen LogP contribution is 2.20. The molecule has 5 atom stereocenters. The van der Waals surface area contributed by atoms with Crippen molar-refractivity contribution in [2.24, 2.45) is 0 Å². The Balaban J connectivity index is 1.93. The highest BCUT2D eigenvalue weighted by molar-refractivity contribution is 5.69. The summed E-state index contributed by atoms with van der Waals surface area (Å²) in [5, 5.41) is 38.3. The lowest BCUT2D eigenvalue weighted by atomic mass is 9.99. The van der Waals surface area contributed by atoms with E-state index in [1.54, 1.807) is 0 Å². The molecular formula is C22H42O7. The Kier molecular flexibility index (Phi) is 14.5. The number of aliphatic hydroxyl groups excluding tert-OH is 4. The number of rotatable bonds is 16. The molecule has 1 saturated heterocycles. The summed E-state index contributed by atoms with van der Waals surface area (Å²) < 4.78 is 10.0. The van der Waals surface area contributed by atoms with Gasteiger partial charge in [-0.25, -0.2) is 0 Å². The minimum Gasteiger partial charge on any atom is -0.463 e. The first kappa shape index (κ1) is 26.3. The third-order valence-corrected chi connectivity index (χ3v) is 5.58. The summed E-state index contributed by atoms with van der Waals surface area (Å²) >= 11 is 0. The van der Waals surface area contributed by atoms with E-state index in [2.05, 4.69) is 6.92 Å². The van der Waals surface area contributed by atoms with Gasteiger partial charge in [0.05, 0.1) is 0 Å². The number of unbranched alkanes of at least 4 members (excludes halogenated alkanes) is 12. The van der Waals surface area contributed by atoms with Crippen molar-refractivity contribution in [3.63, 3.8) is 0 Å². The molecule has 7 heteroatoms. The molecule has 0 aromatic carbocycles. The van der Waals surface area contributed by atoms with Crippen molar-refractivity contribution in [1.82, 2.24) is 0 Å². The summed E-state index contributed by atoms with van der Waals surface area (Å²) in [5.74, 6) is -0.390. The molecule has 1 aliphatic heterocycles. The van der Waals surface area contributed by atoms with Crippen molar-refractivity contribution in [2.75, 3.05) is 6.61 Å². The Bertz CT molecular complexity index is 418. The zero-order valence-corrected chi connectivity index (χ0v) is 18.0. The normalized spacial score (nSPS) is 27.1. The second-order valence-electron chi connectivity index (χ2n) is 8.21. The van der Waals surface area contributed by atoms with E-state index in [0.29, 0.717) is 6.42 Å². The van der Waals surface area contributed by atoms with Crippen LogP contribution in [-0.4, -0.2) is 63.7 Å². The molecular weight excluding hydrogens is 376 g/mol. The van der Waals surface area contributed by atoms with Crippen molar-refractivity contribution in [3.8, 4) is 0 Å². The van der Waals surface area contributed by atoms with Gasteiger partial charge in [-0.1, -0.05) is 84.0 Å². The largest absolute Gasteiger partial charge is 0.463 e. The molecule has 172 valence electrons. The van der Waals surface area contributed by atoms with Gasteiger partial charge in [0.2, 0.25) is 0 Å². The first-order valence-electron chi connectivity index (χ1n) is 11.5. The highest BCUT2D eigenvalue weighted by atomic mass is 16.6. The molecule has 1 rings (SSSR count). The van der Waals surface area contributed by atoms with Crippen molar-refractivity contribution in [3.05, 3.63) is 0 Å². The molecule has 0 radical (unpaired) electrons. The molecule has 0 aromatic heterocycles. The summed E-state index contributed by atoms with van der Waals surface area (Å²) in [7, 11) is 0. The number of esters is 1. The molecule has 1 unspecified atom stereocenters. The Morgan fingerprint density at radius 2 is 1.21 bits per heavy atom. The van der Waals surface area contributed by atoms with Gasteiger partial charge in [0, 0.05) is 6.42 Å². The lowest BCUT2D eigenvalue weighted by Gasteiger charge is -2.37. The van der Waals surface area contributed by atoms with Crippen LogP contribution in [0.5, 0.6) is 0 Å². The van der Waals surface area contributed by atoms with E-state index in [9.17, 15) is 25.2 Å². The second kappa shape index (κ2) is 16.0. The Hall–Kier alpha value is -0.730. The molecule has 0 aromatic rings. The van der Waals surface area contributed by atoms with Gasteiger partial charge in [-0.2, -0.15) is 0 Å². The smallest absolute Gasteiger partial charge is 0.305 e. The van der Waals surface area contributed by atoms with Crippen LogP contribution in [0.1, 0.15) is 96.8 Å². The van der Waals surface area contributed by atoms with Gasteiger partial charge in [-0.15, -0.1) is 0 Å². The van der Waals surface area contributed by atoms with E-state index in [4.69, 9.17) is 9.47 Å². The van der Waals surface area contributed by atoms with Gasteiger partial charge in [-0.05, 0) is 6.42 Å². The van der Waals surface area contributed by atoms with Crippen LogP contribution >= 0.6 is 0 Å². The molecule has 7 nitrogen and oxygen atoms in total. The molecule has 29 heavy (non-hydrogen) atoms.